The highest BCUT2D eigenvalue weighted by atomic mass is 15.2. The molecule has 0 atom stereocenters. The molecule has 0 N–H and O–H groups in total. The summed E-state index contributed by atoms with van der Waals surface area (Å²) in [6, 6.07) is 107. The lowest BCUT2D eigenvalue weighted by Gasteiger charge is -2.46. The Hall–Kier alpha value is -9.90. The van der Waals surface area contributed by atoms with E-state index in [9.17, 15) is 0 Å². The summed E-state index contributed by atoms with van der Waals surface area (Å²) in [6.45, 7) is 11.4. The molecule has 12 aromatic carbocycles. The highest BCUT2D eigenvalue weighted by Gasteiger charge is 2.46. The van der Waals surface area contributed by atoms with E-state index in [0.29, 0.717) is 0 Å². The number of hydrogen-bond acceptors (Lipinski definition) is 3. The third-order valence-electron chi connectivity index (χ3n) is 17.8. The second-order valence-corrected chi connectivity index (χ2v) is 24.1. The van der Waals surface area contributed by atoms with Crippen LogP contribution < -0.4 is 25.5 Å². The first-order chi connectivity index (χ1) is 40.5. The first-order valence-electron chi connectivity index (χ1n) is 29.2. The van der Waals surface area contributed by atoms with Gasteiger partial charge in [-0.15, -0.1) is 0 Å². The van der Waals surface area contributed by atoms with Crippen molar-refractivity contribution in [2.75, 3.05) is 14.6 Å². The molecule has 0 saturated carbocycles. The van der Waals surface area contributed by atoms with Crippen molar-refractivity contribution in [3.8, 4) is 66.8 Å². The zero-order valence-corrected chi connectivity index (χ0v) is 47.6. The van der Waals surface area contributed by atoms with E-state index in [1.165, 1.54) is 94.5 Å². The summed E-state index contributed by atoms with van der Waals surface area (Å²) < 4.78 is 0. The SMILES string of the molecule is CC(C)(C)c1ccc(N(c2ccc3c(c2)-c2ccccc2C3(C)C)c2ccc3c(c2)N(c2cccc(-c4ccccc4)c2)c2cc(-c4ccccc4)cc4c2B3N(c2cccc(-c3ccccc3)c2)c2ccc(-c3ccccc3)cc2-4)cc1. The molecular formula is C79H62BN3. The van der Waals surface area contributed by atoms with Gasteiger partial charge in [-0.2, -0.15) is 0 Å². The Kier molecular flexibility index (Phi) is 11.9. The van der Waals surface area contributed by atoms with Gasteiger partial charge in [-0.25, -0.2) is 0 Å². The molecule has 0 aromatic heterocycles. The summed E-state index contributed by atoms with van der Waals surface area (Å²) >= 11 is 0. The minimum atomic E-state index is -0.221. The first kappa shape index (κ1) is 50.1. The van der Waals surface area contributed by atoms with E-state index in [0.717, 1.165) is 45.4 Å². The molecule has 4 heteroatoms. The van der Waals surface area contributed by atoms with Crippen LogP contribution in [0.5, 0.6) is 0 Å². The highest BCUT2D eigenvalue weighted by molar-refractivity contribution is 6.93. The molecule has 0 amide bonds. The van der Waals surface area contributed by atoms with Crippen molar-refractivity contribution in [2.24, 2.45) is 0 Å². The summed E-state index contributed by atoms with van der Waals surface area (Å²) in [5, 5.41) is 0. The average molecular weight is 1060 g/mol. The second-order valence-electron chi connectivity index (χ2n) is 24.1. The quantitative estimate of drug-likeness (QED) is 0.133. The van der Waals surface area contributed by atoms with Gasteiger partial charge in [0.15, 0.2) is 0 Å². The van der Waals surface area contributed by atoms with Crippen molar-refractivity contribution in [1.29, 1.82) is 0 Å². The molecule has 3 nitrogen and oxygen atoms in total. The fourth-order valence-electron chi connectivity index (χ4n) is 13.6. The van der Waals surface area contributed by atoms with Crippen LogP contribution in [0.1, 0.15) is 51.3 Å². The summed E-state index contributed by atoms with van der Waals surface area (Å²) in [4.78, 5) is 7.71. The topological polar surface area (TPSA) is 9.72 Å². The molecule has 2 heterocycles. The minimum Gasteiger partial charge on any atom is -0.376 e. The predicted molar refractivity (Wildman–Crippen MR) is 353 cm³/mol. The fourth-order valence-corrected chi connectivity index (χ4v) is 13.6. The molecule has 0 bridgehead atoms. The molecule has 0 radical (unpaired) electrons. The Balaban J connectivity index is 1.03. The number of benzene rings is 12. The van der Waals surface area contributed by atoms with Gasteiger partial charge < -0.3 is 14.6 Å². The normalized spacial score (nSPS) is 13.4. The molecule has 396 valence electrons. The average Bonchev–Trinajstić information content (AvgIpc) is 2.13. The van der Waals surface area contributed by atoms with Gasteiger partial charge in [-0.1, -0.05) is 235 Å². The third kappa shape index (κ3) is 8.51. The van der Waals surface area contributed by atoms with E-state index >= 15 is 0 Å². The maximum Gasteiger partial charge on any atom is 0.333 e. The van der Waals surface area contributed by atoms with Crippen LogP contribution in [0.2, 0.25) is 0 Å². The minimum absolute atomic E-state index is 0.00804. The van der Waals surface area contributed by atoms with Crippen molar-refractivity contribution in [1.82, 2.24) is 0 Å². The van der Waals surface area contributed by atoms with Crippen LogP contribution in [-0.4, -0.2) is 6.85 Å². The molecule has 3 aliphatic rings. The molecule has 0 spiro atoms. The number of nitrogens with zero attached hydrogens (tertiary/aromatic N) is 3. The molecule has 83 heavy (non-hydrogen) atoms. The molecule has 15 rings (SSSR count). The van der Waals surface area contributed by atoms with Crippen molar-refractivity contribution < 1.29 is 0 Å². The van der Waals surface area contributed by atoms with Crippen LogP contribution in [0.4, 0.5) is 45.5 Å². The number of fused-ring (bicyclic) bond motifs is 7. The van der Waals surface area contributed by atoms with E-state index in [1.54, 1.807) is 0 Å². The van der Waals surface area contributed by atoms with E-state index in [2.05, 4.69) is 334 Å². The van der Waals surface area contributed by atoms with Crippen LogP contribution in [0.15, 0.2) is 285 Å². The first-order valence-corrected chi connectivity index (χ1v) is 29.2. The Labute approximate surface area is 489 Å². The van der Waals surface area contributed by atoms with Gasteiger partial charge >= 0.3 is 6.85 Å². The summed E-state index contributed by atoms with van der Waals surface area (Å²) in [5.41, 5.74) is 29.8. The Morgan fingerprint density at radius 2 is 0.843 bits per heavy atom. The Bertz CT molecular complexity index is 4450. The van der Waals surface area contributed by atoms with Gasteiger partial charge in [-0.05, 0) is 179 Å². The van der Waals surface area contributed by atoms with Crippen LogP contribution >= 0.6 is 0 Å². The highest BCUT2D eigenvalue weighted by Crippen LogP contribution is 2.53. The maximum absolute atomic E-state index is 2.64. The van der Waals surface area contributed by atoms with Crippen LogP contribution in [0.25, 0.3) is 66.8 Å². The molecule has 0 saturated heterocycles. The molecular weight excluding hydrogens is 1000 g/mol. The van der Waals surface area contributed by atoms with Crippen LogP contribution in [0.3, 0.4) is 0 Å². The fraction of sp³-hybridized carbons (Fsp3) is 0.0886. The maximum atomic E-state index is 2.64. The van der Waals surface area contributed by atoms with Gasteiger partial charge in [-0.3, -0.25) is 0 Å². The summed E-state index contributed by atoms with van der Waals surface area (Å²) in [5.74, 6) is 0. The number of anilines is 8. The monoisotopic (exact) mass is 1060 g/mol. The molecule has 0 fully saturated rings. The van der Waals surface area contributed by atoms with Crippen molar-refractivity contribution in [3.05, 3.63) is 302 Å². The number of hydrogen-bond donors (Lipinski definition) is 0. The zero-order valence-electron chi connectivity index (χ0n) is 47.6. The van der Waals surface area contributed by atoms with Gasteiger partial charge in [0.05, 0.1) is 0 Å². The van der Waals surface area contributed by atoms with E-state index < -0.39 is 0 Å². The van der Waals surface area contributed by atoms with Crippen molar-refractivity contribution in [3.63, 3.8) is 0 Å². The standard InChI is InChI=1S/C79H62BN3/c1-78(2,3)61-37-39-62(40-38-61)81(64-41-43-72-68(51-64)67-34-18-19-35-71(67)79(72,4)5)65-42-44-73-75(52-65)82(63-32-20-30-57(46-63)53-22-10-6-11-23-53)76-50-60(56-28-16-9-17-29-56)49-70-69-48-59(55-26-14-8-15-27-55)36-45-74(69)83(80(73)77(70)76)66-33-21-31-58(47-66)54-24-12-7-13-25-54/h6-52H,1-5H3. The Morgan fingerprint density at radius 3 is 1.48 bits per heavy atom. The summed E-state index contributed by atoms with van der Waals surface area (Å²) in [7, 11) is 0. The van der Waals surface area contributed by atoms with Gasteiger partial charge in [0.2, 0.25) is 0 Å². The van der Waals surface area contributed by atoms with Gasteiger partial charge in [0, 0.05) is 56.5 Å². The van der Waals surface area contributed by atoms with E-state index in [-0.39, 0.29) is 17.7 Å². The second kappa shape index (κ2) is 19.7. The summed E-state index contributed by atoms with van der Waals surface area (Å²) in [6.07, 6.45) is 0. The van der Waals surface area contributed by atoms with E-state index in [4.69, 9.17) is 0 Å². The predicted octanol–water partition coefficient (Wildman–Crippen LogP) is 20.1. The van der Waals surface area contributed by atoms with E-state index in [1.807, 2.05) is 0 Å². The van der Waals surface area contributed by atoms with Crippen LogP contribution in [-0.2, 0) is 10.8 Å². The molecule has 0 unspecified atom stereocenters. The van der Waals surface area contributed by atoms with Crippen LogP contribution in [0, 0.1) is 0 Å². The lowest BCUT2D eigenvalue weighted by Crippen LogP contribution is -2.61. The van der Waals surface area contributed by atoms with Crippen molar-refractivity contribution in [2.45, 2.75) is 45.4 Å². The van der Waals surface area contributed by atoms with Gasteiger partial charge in [0.1, 0.15) is 0 Å². The largest absolute Gasteiger partial charge is 0.376 e. The third-order valence-corrected chi connectivity index (χ3v) is 17.8. The lowest BCUT2D eigenvalue weighted by atomic mass is 9.43. The zero-order chi connectivity index (χ0) is 56.0. The van der Waals surface area contributed by atoms with Crippen molar-refractivity contribution >= 4 is 63.3 Å². The Morgan fingerprint density at radius 1 is 0.337 bits per heavy atom. The molecule has 2 aliphatic heterocycles. The molecule has 12 aromatic rings. The molecule has 1 aliphatic carbocycles. The smallest absolute Gasteiger partial charge is 0.333 e. The lowest BCUT2D eigenvalue weighted by molar-refractivity contribution is 0.590. The number of rotatable bonds is 9. The van der Waals surface area contributed by atoms with Gasteiger partial charge in [0.25, 0.3) is 0 Å².